The first-order valence-corrected chi connectivity index (χ1v) is 4.61. The molecule has 0 aliphatic carbocycles. The quantitative estimate of drug-likeness (QED) is 0.487. The third-order valence-electron chi connectivity index (χ3n) is 1.95. The zero-order valence-electron chi connectivity index (χ0n) is 7.65. The van der Waals surface area contributed by atoms with Gasteiger partial charge in [-0.1, -0.05) is 15.9 Å². The molecule has 1 aromatic rings. The van der Waals surface area contributed by atoms with Gasteiger partial charge in [0.1, 0.15) is 5.69 Å². The lowest BCUT2D eigenvalue weighted by atomic mass is 10.1. The fraction of sp³-hybridized carbons (Fsp3) is 0.125. The van der Waals surface area contributed by atoms with Gasteiger partial charge in [-0.05, 0) is 12.5 Å². The highest BCUT2D eigenvalue weighted by Crippen LogP contribution is 2.33. The van der Waals surface area contributed by atoms with Crippen LogP contribution < -0.4 is 5.73 Å². The standard InChI is InChI=1S/C8H7BrN2O4/c1-3-4(9)2-5(11(14)15)7(10)6(3)8(12)13/h2H,10H2,1H3,(H,12,13). The van der Waals surface area contributed by atoms with Gasteiger partial charge in [0, 0.05) is 10.5 Å². The second-order valence-electron chi connectivity index (χ2n) is 2.85. The summed E-state index contributed by atoms with van der Waals surface area (Å²) in [7, 11) is 0. The molecule has 0 heterocycles. The maximum Gasteiger partial charge on any atom is 0.338 e. The molecule has 0 atom stereocenters. The first kappa shape index (κ1) is 11.4. The summed E-state index contributed by atoms with van der Waals surface area (Å²) < 4.78 is 0.348. The molecule has 0 fully saturated rings. The zero-order valence-corrected chi connectivity index (χ0v) is 9.24. The number of carbonyl (C=O) groups is 1. The molecule has 0 radical (unpaired) electrons. The number of nitrogens with two attached hydrogens (primary N) is 1. The lowest BCUT2D eigenvalue weighted by Crippen LogP contribution is -2.08. The summed E-state index contributed by atoms with van der Waals surface area (Å²) in [5.74, 6) is -1.28. The number of aromatic carboxylic acids is 1. The van der Waals surface area contributed by atoms with E-state index >= 15 is 0 Å². The van der Waals surface area contributed by atoms with Gasteiger partial charge in [-0.3, -0.25) is 10.1 Å². The van der Waals surface area contributed by atoms with Gasteiger partial charge in [-0.2, -0.15) is 0 Å². The van der Waals surface area contributed by atoms with E-state index in [2.05, 4.69) is 15.9 Å². The molecule has 0 bridgehead atoms. The van der Waals surface area contributed by atoms with Gasteiger partial charge in [-0.25, -0.2) is 4.79 Å². The van der Waals surface area contributed by atoms with Crippen LogP contribution in [0.4, 0.5) is 11.4 Å². The van der Waals surface area contributed by atoms with Crippen molar-refractivity contribution in [2.75, 3.05) is 5.73 Å². The number of benzene rings is 1. The van der Waals surface area contributed by atoms with Gasteiger partial charge in [0.05, 0.1) is 10.5 Å². The van der Waals surface area contributed by atoms with Crippen LogP contribution in [0.2, 0.25) is 0 Å². The second kappa shape index (κ2) is 3.85. The van der Waals surface area contributed by atoms with Crippen LogP contribution in [0.1, 0.15) is 15.9 Å². The minimum atomic E-state index is -1.28. The van der Waals surface area contributed by atoms with Crippen LogP contribution in [0.15, 0.2) is 10.5 Å². The molecule has 0 amide bonds. The van der Waals surface area contributed by atoms with Gasteiger partial charge in [0.15, 0.2) is 0 Å². The Bertz CT molecular complexity index is 458. The van der Waals surface area contributed by atoms with Gasteiger partial charge in [0.2, 0.25) is 0 Å². The van der Waals surface area contributed by atoms with Crippen molar-refractivity contribution in [3.63, 3.8) is 0 Å². The van der Waals surface area contributed by atoms with Gasteiger partial charge in [-0.15, -0.1) is 0 Å². The molecule has 0 aliphatic heterocycles. The molecule has 0 aliphatic rings. The molecule has 1 rings (SSSR count). The molecule has 0 saturated heterocycles. The number of nitrogens with zero attached hydrogens (tertiary/aromatic N) is 1. The zero-order chi connectivity index (χ0) is 11.7. The van der Waals surface area contributed by atoms with Gasteiger partial charge in [0.25, 0.3) is 5.69 Å². The average Bonchev–Trinajstić information content (AvgIpc) is 2.10. The number of rotatable bonds is 2. The predicted molar refractivity (Wildman–Crippen MR) is 56.9 cm³/mol. The molecular formula is C8H7BrN2O4. The van der Waals surface area contributed by atoms with E-state index in [0.717, 1.165) is 0 Å². The summed E-state index contributed by atoms with van der Waals surface area (Å²) in [4.78, 5) is 20.7. The van der Waals surface area contributed by atoms with Crippen LogP contribution in [0, 0.1) is 17.0 Å². The van der Waals surface area contributed by atoms with E-state index in [1.807, 2.05) is 0 Å². The maximum atomic E-state index is 10.8. The Hall–Kier alpha value is -1.63. The van der Waals surface area contributed by atoms with Crippen LogP contribution in [-0.4, -0.2) is 16.0 Å². The number of anilines is 1. The maximum absolute atomic E-state index is 10.8. The minimum absolute atomic E-state index is 0.240. The van der Waals surface area contributed by atoms with Crippen molar-refractivity contribution < 1.29 is 14.8 Å². The lowest BCUT2D eigenvalue weighted by molar-refractivity contribution is -0.384. The van der Waals surface area contributed by atoms with Crippen molar-refractivity contribution >= 4 is 33.3 Å². The number of halogens is 1. The fourth-order valence-corrected chi connectivity index (χ4v) is 1.60. The summed E-state index contributed by atoms with van der Waals surface area (Å²) in [6.45, 7) is 1.52. The fourth-order valence-electron chi connectivity index (χ4n) is 1.18. The van der Waals surface area contributed by atoms with Gasteiger partial charge < -0.3 is 10.8 Å². The Morgan fingerprint density at radius 2 is 2.20 bits per heavy atom. The first-order chi connectivity index (χ1) is 6.86. The van der Waals surface area contributed by atoms with E-state index in [4.69, 9.17) is 10.8 Å². The van der Waals surface area contributed by atoms with Crippen molar-refractivity contribution in [2.45, 2.75) is 6.92 Å². The largest absolute Gasteiger partial charge is 0.478 e. The molecule has 15 heavy (non-hydrogen) atoms. The van der Waals surface area contributed by atoms with Crippen molar-refractivity contribution in [3.8, 4) is 0 Å². The van der Waals surface area contributed by atoms with Crippen LogP contribution in [0.3, 0.4) is 0 Å². The first-order valence-electron chi connectivity index (χ1n) is 3.82. The summed E-state index contributed by atoms with van der Waals surface area (Å²) in [6.07, 6.45) is 0. The third kappa shape index (κ3) is 1.91. The number of hydrogen-bond donors (Lipinski definition) is 2. The molecule has 3 N–H and O–H groups in total. The van der Waals surface area contributed by atoms with Crippen molar-refractivity contribution in [2.24, 2.45) is 0 Å². The molecule has 0 saturated carbocycles. The molecule has 0 unspecified atom stereocenters. The van der Waals surface area contributed by atoms with Crippen molar-refractivity contribution in [1.29, 1.82) is 0 Å². The number of hydrogen-bond acceptors (Lipinski definition) is 4. The van der Waals surface area contributed by atoms with E-state index in [-0.39, 0.29) is 11.3 Å². The lowest BCUT2D eigenvalue weighted by Gasteiger charge is -2.07. The van der Waals surface area contributed by atoms with E-state index in [9.17, 15) is 14.9 Å². The number of carboxylic acid groups (broad SMARTS) is 1. The smallest absolute Gasteiger partial charge is 0.338 e. The Kier molecular flexibility index (Phi) is 2.94. The Balaban J connectivity index is 3.63. The van der Waals surface area contributed by atoms with Crippen molar-refractivity contribution in [1.82, 2.24) is 0 Å². The predicted octanol–water partition coefficient (Wildman–Crippen LogP) is 1.95. The summed E-state index contributed by atoms with van der Waals surface area (Å²) in [5, 5.41) is 19.4. The second-order valence-corrected chi connectivity index (χ2v) is 3.71. The molecule has 1 aromatic carbocycles. The van der Waals surface area contributed by atoms with E-state index in [0.29, 0.717) is 10.0 Å². The third-order valence-corrected chi connectivity index (χ3v) is 2.78. The number of nitro benzene ring substituents is 1. The van der Waals surface area contributed by atoms with Crippen molar-refractivity contribution in [3.05, 3.63) is 31.8 Å². The molecule has 80 valence electrons. The van der Waals surface area contributed by atoms with Crippen LogP contribution in [0.25, 0.3) is 0 Å². The molecule has 0 spiro atoms. The van der Waals surface area contributed by atoms with Crippen LogP contribution >= 0.6 is 15.9 Å². The molecule has 7 heteroatoms. The van der Waals surface area contributed by atoms with Crippen LogP contribution in [0.5, 0.6) is 0 Å². The van der Waals surface area contributed by atoms with E-state index < -0.39 is 16.6 Å². The van der Waals surface area contributed by atoms with Crippen LogP contribution in [-0.2, 0) is 0 Å². The Morgan fingerprint density at radius 3 is 2.60 bits per heavy atom. The Labute approximate surface area is 93.0 Å². The topological polar surface area (TPSA) is 106 Å². The highest BCUT2D eigenvalue weighted by molar-refractivity contribution is 9.10. The molecular weight excluding hydrogens is 268 g/mol. The minimum Gasteiger partial charge on any atom is -0.478 e. The number of nitrogen functional groups attached to an aromatic ring is 1. The molecule has 0 aromatic heterocycles. The number of nitro groups is 1. The highest BCUT2D eigenvalue weighted by atomic mass is 79.9. The SMILES string of the molecule is Cc1c(Br)cc([N+](=O)[O-])c(N)c1C(=O)O. The van der Waals surface area contributed by atoms with E-state index in [1.54, 1.807) is 0 Å². The Morgan fingerprint density at radius 1 is 1.67 bits per heavy atom. The summed E-state index contributed by atoms with van der Waals surface area (Å²) >= 11 is 3.04. The summed E-state index contributed by atoms with van der Waals surface area (Å²) in [5.41, 5.74) is 4.80. The normalized spacial score (nSPS) is 10.0. The van der Waals surface area contributed by atoms with E-state index in [1.165, 1.54) is 13.0 Å². The van der Waals surface area contributed by atoms with Gasteiger partial charge >= 0.3 is 5.97 Å². The average molecular weight is 275 g/mol. The highest BCUT2D eigenvalue weighted by Gasteiger charge is 2.23. The summed E-state index contributed by atoms with van der Waals surface area (Å²) in [6, 6.07) is 1.19. The number of carboxylic acids is 1. The monoisotopic (exact) mass is 274 g/mol. The molecule has 6 nitrogen and oxygen atoms in total.